The second-order valence-electron chi connectivity index (χ2n) is 5.92. The largest absolute Gasteiger partial charge is 0.491 e. The molecule has 1 heterocycles. The molecule has 28 heavy (non-hydrogen) atoms. The fourth-order valence-electron chi connectivity index (χ4n) is 1.94. The number of ether oxygens (including phenoxy) is 3. The van der Waals surface area contributed by atoms with Crippen LogP contribution in [0.25, 0.3) is 11.5 Å². The number of hydrogen-bond acceptors (Lipinski definition) is 8. The SMILES string of the molecule is C=C(C)Sc1nnc(-c2ccc(OCCOCCOCC(=O)C(=C)C)cc2)o1. The topological polar surface area (TPSA) is 83.7 Å². The summed E-state index contributed by atoms with van der Waals surface area (Å²) in [6.45, 7) is 12.5. The van der Waals surface area contributed by atoms with E-state index < -0.39 is 0 Å². The zero-order chi connectivity index (χ0) is 20.4. The second-order valence-corrected chi connectivity index (χ2v) is 7.17. The minimum absolute atomic E-state index is 0.0367. The third kappa shape index (κ3) is 7.67. The van der Waals surface area contributed by atoms with Crippen molar-refractivity contribution in [1.82, 2.24) is 10.2 Å². The van der Waals surface area contributed by atoms with Crippen molar-refractivity contribution in [3.8, 4) is 17.2 Å². The van der Waals surface area contributed by atoms with Gasteiger partial charge in [-0.15, -0.1) is 10.2 Å². The van der Waals surface area contributed by atoms with Gasteiger partial charge in [0.15, 0.2) is 5.78 Å². The molecule has 0 saturated carbocycles. The van der Waals surface area contributed by atoms with Gasteiger partial charge in [-0.2, -0.15) is 0 Å². The molecule has 0 unspecified atom stereocenters. The number of thioether (sulfide) groups is 1. The summed E-state index contributed by atoms with van der Waals surface area (Å²) in [6.07, 6.45) is 0. The third-order valence-electron chi connectivity index (χ3n) is 3.35. The first-order chi connectivity index (χ1) is 13.5. The lowest BCUT2D eigenvalue weighted by atomic mass is 10.2. The first-order valence-corrected chi connectivity index (χ1v) is 9.51. The van der Waals surface area contributed by atoms with E-state index in [-0.39, 0.29) is 12.4 Å². The van der Waals surface area contributed by atoms with Crippen LogP contribution in [-0.2, 0) is 14.3 Å². The van der Waals surface area contributed by atoms with Crippen LogP contribution in [-0.4, -0.2) is 49.0 Å². The number of carbonyl (C=O) groups is 1. The van der Waals surface area contributed by atoms with Crippen LogP contribution in [0.2, 0.25) is 0 Å². The Morgan fingerprint density at radius 2 is 1.71 bits per heavy atom. The van der Waals surface area contributed by atoms with E-state index in [4.69, 9.17) is 18.6 Å². The van der Waals surface area contributed by atoms with E-state index in [0.717, 1.165) is 10.5 Å². The lowest BCUT2D eigenvalue weighted by molar-refractivity contribution is -0.120. The quantitative estimate of drug-likeness (QED) is 0.282. The molecule has 1 aromatic carbocycles. The molecule has 0 bridgehead atoms. The molecule has 2 rings (SSSR count). The van der Waals surface area contributed by atoms with Gasteiger partial charge in [0, 0.05) is 5.56 Å². The summed E-state index contributed by atoms with van der Waals surface area (Å²) in [6, 6.07) is 7.37. The Kier molecular flexibility index (Phi) is 8.93. The number of hydrogen-bond donors (Lipinski definition) is 0. The van der Waals surface area contributed by atoms with Crippen molar-refractivity contribution in [2.75, 3.05) is 33.0 Å². The van der Waals surface area contributed by atoms with Gasteiger partial charge in [0.25, 0.3) is 5.22 Å². The number of nitrogens with zero attached hydrogens (tertiary/aromatic N) is 2. The lowest BCUT2D eigenvalue weighted by Gasteiger charge is -2.08. The van der Waals surface area contributed by atoms with Crippen LogP contribution in [0.5, 0.6) is 5.75 Å². The van der Waals surface area contributed by atoms with Crippen LogP contribution in [0.15, 0.2) is 57.5 Å². The van der Waals surface area contributed by atoms with Gasteiger partial charge in [0.05, 0.1) is 19.8 Å². The number of ketones is 1. The minimum atomic E-state index is -0.0990. The number of aromatic nitrogens is 2. The molecular weight excluding hydrogens is 380 g/mol. The number of rotatable bonds is 13. The van der Waals surface area contributed by atoms with Crippen LogP contribution in [0.3, 0.4) is 0 Å². The van der Waals surface area contributed by atoms with Crippen LogP contribution in [0.4, 0.5) is 0 Å². The summed E-state index contributed by atoms with van der Waals surface area (Å²) in [5, 5.41) is 8.46. The van der Waals surface area contributed by atoms with Crippen molar-refractivity contribution in [2.24, 2.45) is 0 Å². The summed E-state index contributed by atoms with van der Waals surface area (Å²) in [5.74, 6) is 1.06. The fraction of sp³-hybridized carbons (Fsp3) is 0.350. The maximum atomic E-state index is 11.3. The van der Waals surface area contributed by atoms with E-state index in [2.05, 4.69) is 23.4 Å². The van der Waals surface area contributed by atoms with Gasteiger partial charge in [0.2, 0.25) is 5.89 Å². The highest BCUT2D eigenvalue weighted by Crippen LogP contribution is 2.27. The van der Waals surface area contributed by atoms with Gasteiger partial charge in [-0.1, -0.05) is 13.2 Å². The maximum Gasteiger partial charge on any atom is 0.281 e. The first kappa shape index (κ1) is 21.9. The number of benzene rings is 1. The highest BCUT2D eigenvalue weighted by Gasteiger charge is 2.09. The molecule has 0 spiro atoms. The van der Waals surface area contributed by atoms with Crippen molar-refractivity contribution in [2.45, 2.75) is 19.1 Å². The van der Waals surface area contributed by atoms with Crippen molar-refractivity contribution < 1.29 is 23.4 Å². The second kappa shape index (κ2) is 11.4. The van der Waals surface area contributed by atoms with E-state index in [1.807, 2.05) is 31.2 Å². The van der Waals surface area contributed by atoms with E-state index in [1.165, 1.54) is 11.8 Å². The molecule has 1 aromatic heterocycles. The Hall–Kier alpha value is -2.42. The fourth-order valence-corrected chi connectivity index (χ4v) is 2.44. The van der Waals surface area contributed by atoms with E-state index >= 15 is 0 Å². The van der Waals surface area contributed by atoms with Crippen molar-refractivity contribution in [3.05, 3.63) is 47.9 Å². The molecule has 0 atom stereocenters. The Labute approximate surface area is 168 Å². The average Bonchev–Trinajstić information content (AvgIpc) is 3.11. The molecule has 7 nitrogen and oxygen atoms in total. The molecule has 0 N–H and O–H groups in total. The van der Waals surface area contributed by atoms with Gasteiger partial charge in [-0.25, -0.2) is 0 Å². The Balaban J connectivity index is 1.64. The van der Waals surface area contributed by atoms with Crippen LogP contribution in [0.1, 0.15) is 13.8 Å². The third-order valence-corrected chi connectivity index (χ3v) is 4.03. The summed E-state index contributed by atoms with van der Waals surface area (Å²) >= 11 is 1.34. The highest BCUT2D eigenvalue weighted by molar-refractivity contribution is 8.02. The van der Waals surface area contributed by atoms with Gasteiger partial charge in [-0.05, 0) is 60.4 Å². The monoisotopic (exact) mass is 404 g/mol. The number of allylic oxidation sites excluding steroid dienone is 1. The van der Waals surface area contributed by atoms with Crippen molar-refractivity contribution >= 4 is 17.5 Å². The number of Topliss-reactive ketones (excluding diaryl/α,β-unsaturated/α-hetero) is 1. The van der Waals surface area contributed by atoms with Crippen molar-refractivity contribution in [3.63, 3.8) is 0 Å². The van der Waals surface area contributed by atoms with E-state index in [1.54, 1.807) is 6.92 Å². The molecule has 2 aromatic rings. The molecule has 8 heteroatoms. The zero-order valence-corrected chi connectivity index (χ0v) is 16.9. The normalized spacial score (nSPS) is 10.6. The minimum Gasteiger partial charge on any atom is -0.491 e. The summed E-state index contributed by atoms with van der Waals surface area (Å²) < 4.78 is 21.8. The Morgan fingerprint density at radius 1 is 1.04 bits per heavy atom. The summed E-state index contributed by atoms with van der Waals surface area (Å²) in [5.41, 5.74) is 1.30. The lowest BCUT2D eigenvalue weighted by Crippen LogP contribution is -2.14. The van der Waals surface area contributed by atoms with Crippen LogP contribution < -0.4 is 4.74 Å². The first-order valence-electron chi connectivity index (χ1n) is 8.70. The van der Waals surface area contributed by atoms with Gasteiger partial charge in [0.1, 0.15) is 19.0 Å². The number of carbonyl (C=O) groups excluding carboxylic acids is 1. The summed E-state index contributed by atoms with van der Waals surface area (Å²) in [4.78, 5) is 12.2. The van der Waals surface area contributed by atoms with Crippen molar-refractivity contribution in [1.29, 1.82) is 0 Å². The zero-order valence-electron chi connectivity index (χ0n) is 16.1. The standard InChI is InChI=1S/C20H24N2O5S/c1-14(2)18(23)13-25-10-9-24-11-12-26-17-7-5-16(6-8-17)19-21-22-20(27-19)28-15(3)4/h5-8H,1,3,9-13H2,2,4H3. The van der Waals surface area contributed by atoms with Gasteiger partial charge < -0.3 is 18.6 Å². The average molecular weight is 404 g/mol. The predicted octanol–water partition coefficient (Wildman–Crippen LogP) is 3.92. The molecule has 0 saturated heterocycles. The van der Waals surface area contributed by atoms with E-state index in [9.17, 15) is 4.79 Å². The molecule has 0 fully saturated rings. The van der Waals surface area contributed by atoms with E-state index in [0.29, 0.717) is 48.9 Å². The molecule has 0 amide bonds. The van der Waals surface area contributed by atoms with Gasteiger partial charge >= 0.3 is 0 Å². The molecule has 0 aliphatic carbocycles. The van der Waals surface area contributed by atoms with Gasteiger partial charge in [-0.3, -0.25) is 4.79 Å². The predicted molar refractivity (Wildman–Crippen MR) is 107 cm³/mol. The molecule has 0 aliphatic heterocycles. The molecule has 0 aliphatic rings. The Bertz CT molecular complexity index is 801. The van der Waals surface area contributed by atoms with Crippen LogP contribution >= 0.6 is 11.8 Å². The molecule has 150 valence electrons. The van der Waals surface area contributed by atoms with Crippen LogP contribution in [0, 0.1) is 0 Å². The highest BCUT2D eigenvalue weighted by atomic mass is 32.2. The smallest absolute Gasteiger partial charge is 0.281 e. The Morgan fingerprint density at radius 3 is 2.39 bits per heavy atom. The molecular formula is C20H24N2O5S. The molecule has 0 radical (unpaired) electrons. The maximum absolute atomic E-state index is 11.3. The summed E-state index contributed by atoms with van der Waals surface area (Å²) in [7, 11) is 0.